The molecule has 5 N–H and O–H groups in total. The summed E-state index contributed by atoms with van der Waals surface area (Å²) in [5.41, 5.74) is 6.67. The first-order valence-electron chi connectivity index (χ1n) is 8.43. The lowest BCUT2D eigenvalue weighted by molar-refractivity contribution is -0.0489. The maximum atomic E-state index is 13.0. The van der Waals surface area contributed by atoms with Crippen LogP contribution in [-0.2, 0) is 4.74 Å². The van der Waals surface area contributed by atoms with Gasteiger partial charge in [-0.3, -0.25) is 9.36 Å². The van der Waals surface area contributed by atoms with Crippen LogP contribution >= 0.6 is 0 Å². The Morgan fingerprint density at radius 2 is 2.04 bits per heavy atom. The molecule has 1 saturated heterocycles. The third-order valence-corrected chi connectivity index (χ3v) is 4.62. The number of aromatic nitrogens is 4. The summed E-state index contributed by atoms with van der Waals surface area (Å²) < 4.78 is 20.2. The SMILES string of the molecule is Nc1ncnc2c1ncn2[C@@H]1O[C@H](CO)C(NC(=O)c2ccc(F)cc2)C1O. The second kappa shape index (κ2) is 7.11. The zero-order chi connectivity index (χ0) is 19.8. The lowest BCUT2D eigenvalue weighted by Crippen LogP contribution is -2.48. The van der Waals surface area contributed by atoms with E-state index in [4.69, 9.17) is 10.5 Å². The summed E-state index contributed by atoms with van der Waals surface area (Å²) in [7, 11) is 0. The van der Waals surface area contributed by atoms with Crippen LogP contribution in [0, 0.1) is 5.82 Å². The maximum absolute atomic E-state index is 13.0. The summed E-state index contributed by atoms with van der Waals surface area (Å²) in [6, 6.07) is 4.04. The number of nitrogens with two attached hydrogens (primary N) is 1. The van der Waals surface area contributed by atoms with Gasteiger partial charge in [0.15, 0.2) is 17.7 Å². The molecule has 0 bridgehead atoms. The molecule has 1 fully saturated rings. The zero-order valence-corrected chi connectivity index (χ0v) is 14.4. The number of rotatable bonds is 4. The Bertz CT molecular complexity index is 1010. The molecule has 28 heavy (non-hydrogen) atoms. The Kier molecular flexibility index (Phi) is 4.63. The van der Waals surface area contributed by atoms with Gasteiger partial charge in [0.05, 0.1) is 19.0 Å². The predicted molar refractivity (Wildman–Crippen MR) is 94.4 cm³/mol. The van der Waals surface area contributed by atoms with Crippen LogP contribution in [0.3, 0.4) is 0 Å². The summed E-state index contributed by atoms with van der Waals surface area (Å²) in [5.74, 6) is -0.827. The third-order valence-electron chi connectivity index (χ3n) is 4.62. The highest BCUT2D eigenvalue weighted by Gasteiger charge is 2.45. The number of nitrogen functional groups attached to an aromatic ring is 1. The number of amides is 1. The summed E-state index contributed by atoms with van der Waals surface area (Å²) >= 11 is 0. The number of hydrogen-bond donors (Lipinski definition) is 4. The number of halogens is 1. The van der Waals surface area contributed by atoms with Gasteiger partial charge in [0.1, 0.15) is 29.9 Å². The molecule has 0 aliphatic carbocycles. The number of carbonyl (C=O) groups excluding carboxylic acids is 1. The van der Waals surface area contributed by atoms with Crippen LogP contribution in [0.1, 0.15) is 16.6 Å². The van der Waals surface area contributed by atoms with Gasteiger partial charge < -0.3 is 26.0 Å². The quantitative estimate of drug-likeness (QED) is 0.472. The van der Waals surface area contributed by atoms with E-state index < -0.39 is 42.8 Å². The van der Waals surface area contributed by atoms with Crippen molar-refractivity contribution >= 4 is 22.9 Å². The highest BCUT2D eigenvalue weighted by Crippen LogP contribution is 2.32. The van der Waals surface area contributed by atoms with E-state index in [9.17, 15) is 19.4 Å². The number of hydrogen-bond acceptors (Lipinski definition) is 8. The van der Waals surface area contributed by atoms with Crippen molar-refractivity contribution in [1.82, 2.24) is 24.8 Å². The molecule has 2 unspecified atom stereocenters. The fourth-order valence-corrected chi connectivity index (χ4v) is 3.20. The van der Waals surface area contributed by atoms with Crippen LogP contribution in [0.5, 0.6) is 0 Å². The average Bonchev–Trinajstić information content (AvgIpc) is 3.25. The number of fused-ring (bicyclic) bond motifs is 1. The maximum Gasteiger partial charge on any atom is 0.251 e. The van der Waals surface area contributed by atoms with E-state index in [1.807, 2.05) is 0 Å². The summed E-state index contributed by atoms with van der Waals surface area (Å²) in [6.07, 6.45) is -0.400. The van der Waals surface area contributed by atoms with Crippen molar-refractivity contribution in [2.24, 2.45) is 0 Å². The summed E-state index contributed by atoms with van der Waals surface area (Å²) in [4.78, 5) is 24.5. The van der Waals surface area contributed by atoms with E-state index in [0.29, 0.717) is 11.2 Å². The molecule has 10 nitrogen and oxygen atoms in total. The van der Waals surface area contributed by atoms with E-state index in [2.05, 4.69) is 20.3 Å². The first-order chi connectivity index (χ1) is 13.5. The van der Waals surface area contributed by atoms with E-state index in [1.54, 1.807) is 0 Å². The minimum absolute atomic E-state index is 0.177. The fraction of sp³-hybridized carbons (Fsp3) is 0.294. The van der Waals surface area contributed by atoms with Gasteiger partial charge >= 0.3 is 0 Å². The molecule has 11 heteroatoms. The molecule has 2 aromatic heterocycles. The van der Waals surface area contributed by atoms with Crippen molar-refractivity contribution < 1.29 is 24.1 Å². The topological polar surface area (TPSA) is 148 Å². The number of aliphatic hydroxyl groups is 2. The highest BCUT2D eigenvalue weighted by molar-refractivity contribution is 5.94. The van der Waals surface area contributed by atoms with Gasteiger partial charge in [-0.25, -0.2) is 19.3 Å². The average molecular weight is 388 g/mol. The van der Waals surface area contributed by atoms with Gasteiger partial charge in [-0.2, -0.15) is 0 Å². The number of anilines is 1. The summed E-state index contributed by atoms with van der Waals surface area (Å²) in [5, 5.41) is 23.0. The number of nitrogens with zero attached hydrogens (tertiary/aromatic N) is 4. The van der Waals surface area contributed by atoms with E-state index in [-0.39, 0.29) is 11.4 Å². The number of ether oxygens (including phenoxy) is 1. The molecule has 0 spiro atoms. The lowest BCUT2D eigenvalue weighted by Gasteiger charge is -2.21. The molecule has 4 rings (SSSR count). The zero-order valence-electron chi connectivity index (χ0n) is 14.4. The van der Waals surface area contributed by atoms with Gasteiger partial charge in [0.2, 0.25) is 0 Å². The molecule has 0 radical (unpaired) electrons. The van der Waals surface area contributed by atoms with Crippen molar-refractivity contribution in [3.63, 3.8) is 0 Å². The van der Waals surface area contributed by atoms with Crippen molar-refractivity contribution in [2.75, 3.05) is 12.3 Å². The molecule has 1 aliphatic rings. The van der Waals surface area contributed by atoms with E-state index in [0.717, 1.165) is 12.1 Å². The molecular formula is C17H17FN6O4. The van der Waals surface area contributed by atoms with Crippen LogP contribution in [-0.4, -0.2) is 60.5 Å². The molecular weight excluding hydrogens is 371 g/mol. The number of nitrogens with one attached hydrogen (secondary N) is 1. The van der Waals surface area contributed by atoms with E-state index in [1.165, 1.54) is 29.4 Å². The predicted octanol–water partition coefficient (Wildman–Crippen LogP) is -0.403. The Morgan fingerprint density at radius 1 is 1.29 bits per heavy atom. The van der Waals surface area contributed by atoms with Crippen LogP contribution < -0.4 is 11.1 Å². The van der Waals surface area contributed by atoms with Crippen LogP contribution in [0.4, 0.5) is 10.2 Å². The normalized spacial score (nSPS) is 24.5. The molecule has 4 atom stereocenters. The summed E-state index contributed by atoms with van der Waals surface area (Å²) in [6.45, 7) is -0.439. The monoisotopic (exact) mass is 388 g/mol. The Balaban J connectivity index is 1.60. The second-order valence-corrected chi connectivity index (χ2v) is 6.33. The molecule has 0 saturated carbocycles. The number of carbonyl (C=O) groups is 1. The standard InChI is InChI=1S/C17H17FN6O4/c18-9-3-1-8(2-4-9)16(27)23-11-10(5-25)28-17(13(11)26)24-7-22-12-14(19)20-6-21-15(12)24/h1-4,6-7,10-11,13,17,25-26H,5H2,(H,23,27)(H2,19,20,21)/t10-,11?,13?,17-/m1/s1. The van der Waals surface area contributed by atoms with Gasteiger partial charge in [0, 0.05) is 5.56 Å². The van der Waals surface area contributed by atoms with Crippen LogP contribution in [0.2, 0.25) is 0 Å². The van der Waals surface area contributed by atoms with Crippen LogP contribution in [0.15, 0.2) is 36.9 Å². The Morgan fingerprint density at radius 3 is 2.75 bits per heavy atom. The lowest BCUT2D eigenvalue weighted by atomic mass is 10.1. The third kappa shape index (κ3) is 3.05. The van der Waals surface area contributed by atoms with Gasteiger partial charge in [-0.05, 0) is 24.3 Å². The Labute approximate surface area is 157 Å². The largest absolute Gasteiger partial charge is 0.394 e. The molecule has 1 amide bonds. The van der Waals surface area contributed by atoms with Crippen molar-refractivity contribution in [2.45, 2.75) is 24.5 Å². The van der Waals surface area contributed by atoms with Crippen molar-refractivity contribution in [3.8, 4) is 0 Å². The minimum Gasteiger partial charge on any atom is -0.394 e. The van der Waals surface area contributed by atoms with E-state index >= 15 is 0 Å². The molecule has 1 aromatic carbocycles. The number of imidazole rings is 1. The second-order valence-electron chi connectivity index (χ2n) is 6.33. The first kappa shape index (κ1) is 18.2. The molecule has 146 valence electrons. The number of aliphatic hydroxyl groups excluding tert-OH is 2. The molecule has 1 aliphatic heterocycles. The smallest absolute Gasteiger partial charge is 0.251 e. The highest BCUT2D eigenvalue weighted by atomic mass is 19.1. The fourth-order valence-electron chi connectivity index (χ4n) is 3.20. The van der Waals surface area contributed by atoms with Gasteiger partial charge in [0.25, 0.3) is 5.91 Å². The van der Waals surface area contributed by atoms with Crippen molar-refractivity contribution in [3.05, 3.63) is 48.3 Å². The van der Waals surface area contributed by atoms with Crippen molar-refractivity contribution in [1.29, 1.82) is 0 Å². The van der Waals surface area contributed by atoms with Gasteiger partial charge in [-0.15, -0.1) is 0 Å². The van der Waals surface area contributed by atoms with Crippen LogP contribution in [0.25, 0.3) is 11.2 Å². The minimum atomic E-state index is -1.21. The first-order valence-corrected chi connectivity index (χ1v) is 8.43. The molecule has 3 heterocycles. The molecule has 3 aromatic rings. The van der Waals surface area contributed by atoms with Gasteiger partial charge in [-0.1, -0.05) is 0 Å². The Hall–Kier alpha value is -3.15. The number of benzene rings is 1.